The van der Waals surface area contributed by atoms with E-state index in [1.54, 1.807) is 7.11 Å². The zero-order valence-electron chi connectivity index (χ0n) is 18.9. The first-order chi connectivity index (χ1) is 14.8. The number of carbonyl (C=O) groups excluding carboxylic acids is 2. The molecule has 2 aromatic rings. The predicted octanol–water partition coefficient (Wildman–Crippen LogP) is 4.57. The third kappa shape index (κ3) is 3.97. The molecule has 1 saturated heterocycles. The molecule has 2 heterocycles. The second-order valence-electron chi connectivity index (χ2n) is 9.09. The number of benzene rings is 2. The minimum atomic E-state index is -0.263. The van der Waals surface area contributed by atoms with Crippen LogP contribution in [0.4, 0.5) is 5.69 Å². The number of nitrogens with zero attached hydrogens (tertiary/aromatic N) is 2. The van der Waals surface area contributed by atoms with Crippen LogP contribution in [-0.2, 0) is 9.59 Å². The van der Waals surface area contributed by atoms with Crippen molar-refractivity contribution in [2.75, 3.05) is 25.1 Å². The van der Waals surface area contributed by atoms with E-state index < -0.39 is 0 Å². The average molecular weight is 419 g/mol. The zero-order valence-corrected chi connectivity index (χ0v) is 18.9. The molecule has 0 spiro atoms. The van der Waals surface area contributed by atoms with E-state index in [1.807, 2.05) is 56.3 Å². The molecule has 162 valence electrons. The Bertz CT molecular complexity index is 1020. The zero-order chi connectivity index (χ0) is 22.3. The lowest BCUT2D eigenvalue weighted by molar-refractivity contribution is -0.120. The molecule has 0 radical (unpaired) electrons. The highest BCUT2D eigenvalue weighted by atomic mass is 16.5. The number of likely N-dealkylation sites (tertiary alicyclic amines) is 1. The number of hydrogen-bond donors (Lipinski definition) is 0. The lowest BCUT2D eigenvalue weighted by Crippen LogP contribution is -2.42. The fourth-order valence-corrected chi connectivity index (χ4v) is 4.99. The lowest BCUT2D eigenvalue weighted by atomic mass is 9.91. The van der Waals surface area contributed by atoms with Crippen LogP contribution < -0.4 is 9.64 Å². The third-order valence-electron chi connectivity index (χ3n) is 6.09. The van der Waals surface area contributed by atoms with E-state index in [-0.39, 0.29) is 11.8 Å². The van der Waals surface area contributed by atoms with Gasteiger partial charge in [-0.25, -0.2) is 4.90 Å². The Morgan fingerprint density at radius 3 is 2.00 bits per heavy atom. The number of hydrogen-bond acceptors (Lipinski definition) is 4. The van der Waals surface area contributed by atoms with Crippen molar-refractivity contribution in [3.05, 3.63) is 64.9 Å². The van der Waals surface area contributed by atoms with Crippen LogP contribution in [0, 0.1) is 25.7 Å². The molecule has 0 N–H and O–H groups in total. The summed E-state index contributed by atoms with van der Waals surface area (Å²) in [4.78, 5) is 30.9. The summed E-state index contributed by atoms with van der Waals surface area (Å²) >= 11 is 0. The van der Waals surface area contributed by atoms with E-state index in [9.17, 15) is 9.59 Å². The maximum atomic E-state index is 13.7. The molecule has 1 fully saturated rings. The summed E-state index contributed by atoms with van der Waals surface area (Å²) in [6.07, 6.45) is 1.13. The molecule has 0 aromatic heterocycles. The summed E-state index contributed by atoms with van der Waals surface area (Å²) in [5.41, 5.74) is 4.42. The predicted molar refractivity (Wildman–Crippen MR) is 123 cm³/mol. The van der Waals surface area contributed by atoms with Crippen LogP contribution in [0.2, 0.25) is 0 Å². The lowest BCUT2D eigenvalue weighted by Gasteiger charge is -2.37. The Morgan fingerprint density at radius 1 is 0.871 bits per heavy atom. The first kappa shape index (κ1) is 21.2. The fraction of sp³-hybridized carbons (Fsp3) is 0.385. The van der Waals surface area contributed by atoms with Gasteiger partial charge < -0.3 is 9.64 Å². The summed E-state index contributed by atoms with van der Waals surface area (Å²) in [7, 11) is 1.61. The van der Waals surface area contributed by atoms with E-state index in [1.165, 1.54) is 4.90 Å². The monoisotopic (exact) mass is 418 g/mol. The first-order valence-corrected chi connectivity index (χ1v) is 10.9. The van der Waals surface area contributed by atoms with Gasteiger partial charge in [0.05, 0.1) is 18.4 Å². The van der Waals surface area contributed by atoms with Gasteiger partial charge in [-0.2, -0.15) is 0 Å². The Morgan fingerprint density at radius 2 is 1.45 bits per heavy atom. The van der Waals surface area contributed by atoms with E-state index in [0.29, 0.717) is 34.5 Å². The van der Waals surface area contributed by atoms with Gasteiger partial charge in [0.2, 0.25) is 0 Å². The van der Waals surface area contributed by atoms with Gasteiger partial charge in [0.15, 0.2) is 0 Å². The van der Waals surface area contributed by atoms with Crippen molar-refractivity contribution in [1.29, 1.82) is 0 Å². The summed E-state index contributed by atoms with van der Waals surface area (Å²) in [6, 6.07) is 13.2. The van der Waals surface area contributed by atoms with Gasteiger partial charge in [0.1, 0.15) is 11.4 Å². The molecular weight excluding hydrogens is 388 g/mol. The Kier molecular flexibility index (Phi) is 5.61. The fourth-order valence-electron chi connectivity index (χ4n) is 4.99. The minimum Gasteiger partial charge on any atom is -0.497 e. The summed E-state index contributed by atoms with van der Waals surface area (Å²) in [6.45, 7) is 9.93. The van der Waals surface area contributed by atoms with Gasteiger partial charge in [-0.05, 0) is 73.1 Å². The third-order valence-corrected chi connectivity index (χ3v) is 6.09. The van der Waals surface area contributed by atoms with Crippen molar-refractivity contribution < 1.29 is 14.3 Å². The molecule has 5 nitrogen and oxygen atoms in total. The van der Waals surface area contributed by atoms with E-state index >= 15 is 0 Å². The number of anilines is 1. The van der Waals surface area contributed by atoms with Gasteiger partial charge in [-0.1, -0.05) is 32.0 Å². The van der Waals surface area contributed by atoms with Gasteiger partial charge in [0, 0.05) is 13.1 Å². The molecule has 2 atom stereocenters. The van der Waals surface area contributed by atoms with Crippen molar-refractivity contribution in [3.8, 4) is 5.75 Å². The number of ether oxygens (including phenoxy) is 1. The van der Waals surface area contributed by atoms with Crippen molar-refractivity contribution >= 4 is 23.1 Å². The van der Waals surface area contributed by atoms with Crippen LogP contribution in [0.1, 0.15) is 37.0 Å². The largest absolute Gasteiger partial charge is 0.497 e. The smallest absolute Gasteiger partial charge is 0.282 e. The Balaban J connectivity index is 1.84. The molecule has 2 aliphatic heterocycles. The first-order valence-electron chi connectivity index (χ1n) is 10.9. The van der Waals surface area contributed by atoms with Gasteiger partial charge >= 0.3 is 0 Å². The maximum absolute atomic E-state index is 13.7. The number of imide groups is 1. The molecule has 0 aliphatic carbocycles. The summed E-state index contributed by atoms with van der Waals surface area (Å²) in [5, 5.41) is 0. The molecule has 4 rings (SSSR count). The van der Waals surface area contributed by atoms with Crippen LogP contribution in [0.3, 0.4) is 0 Å². The van der Waals surface area contributed by atoms with Crippen LogP contribution in [0.5, 0.6) is 5.75 Å². The number of amides is 2. The van der Waals surface area contributed by atoms with Gasteiger partial charge in [-0.3, -0.25) is 9.59 Å². The quantitative estimate of drug-likeness (QED) is 0.683. The molecule has 31 heavy (non-hydrogen) atoms. The van der Waals surface area contributed by atoms with Crippen molar-refractivity contribution in [1.82, 2.24) is 4.90 Å². The molecule has 0 saturated carbocycles. The molecule has 2 aliphatic rings. The van der Waals surface area contributed by atoms with Crippen LogP contribution in [0.25, 0.3) is 5.57 Å². The van der Waals surface area contributed by atoms with Gasteiger partial charge in [0.25, 0.3) is 11.8 Å². The molecular formula is C26H30N2O3. The molecule has 5 heteroatoms. The van der Waals surface area contributed by atoms with E-state index in [2.05, 4.69) is 18.7 Å². The molecule has 2 unspecified atom stereocenters. The second-order valence-corrected chi connectivity index (χ2v) is 9.09. The van der Waals surface area contributed by atoms with Crippen LogP contribution in [-0.4, -0.2) is 36.9 Å². The SMILES string of the molecule is COc1ccc(C2=C(N3CC(C)CC(C)C3)C(=O)N(c3cc(C)cc(C)c3)C2=O)cc1. The molecule has 2 aromatic carbocycles. The normalized spacial score (nSPS) is 21.8. The van der Waals surface area contributed by atoms with E-state index in [0.717, 1.165) is 36.2 Å². The van der Waals surface area contributed by atoms with E-state index in [4.69, 9.17) is 4.74 Å². The molecule has 2 amide bonds. The Hall–Kier alpha value is -3.08. The van der Waals surface area contributed by atoms with Crippen molar-refractivity contribution in [3.63, 3.8) is 0 Å². The number of aryl methyl sites for hydroxylation is 2. The highest BCUT2D eigenvalue weighted by Crippen LogP contribution is 2.38. The number of carbonyl (C=O) groups is 2. The topological polar surface area (TPSA) is 49.9 Å². The minimum absolute atomic E-state index is 0.234. The second kappa shape index (κ2) is 8.22. The number of methoxy groups -OCH3 is 1. The summed E-state index contributed by atoms with van der Waals surface area (Å²) in [5.74, 6) is 1.15. The van der Waals surface area contributed by atoms with Crippen molar-refractivity contribution in [2.45, 2.75) is 34.1 Å². The van der Waals surface area contributed by atoms with Gasteiger partial charge in [-0.15, -0.1) is 0 Å². The average Bonchev–Trinajstić information content (AvgIpc) is 2.96. The van der Waals surface area contributed by atoms with Crippen molar-refractivity contribution in [2.24, 2.45) is 11.8 Å². The highest BCUT2D eigenvalue weighted by Gasteiger charge is 2.43. The number of rotatable bonds is 4. The number of piperidine rings is 1. The van der Waals surface area contributed by atoms with Crippen LogP contribution in [0.15, 0.2) is 48.2 Å². The Labute approximate surface area is 184 Å². The summed E-state index contributed by atoms with van der Waals surface area (Å²) < 4.78 is 5.28. The highest BCUT2D eigenvalue weighted by molar-refractivity contribution is 6.45. The maximum Gasteiger partial charge on any atom is 0.282 e. The van der Waals surface area contributed by atoms with Crippen LogP contribution >= 0.6 is 0 Å². The standard InChI is InChI=1S/C26H30N2O3/c1-16-10-17(2)13-21(12-16)28-25(29)23(20-6-8-22(31-5)9-7-20)24(26(28)30)27-14-18(3)11-19(4)15-27/h6-10,12-13,18-19H,11,14-15H2,1-5H3. The molecule has 0 bridgehead atoms.